The monoisotopic (exact) mass is 516 g/mol. The molecule has 194 valence electrons. The van der Waals surface area contributed by atoms with Crippen LogP contribution in [0, 0.1) is 10.1 Å². The van der Waals surface area contributed by atoms with Crippen LogP contribution in [0.25, 0.3) is 0 Å². The molecule has 2 aromatic carbocycles. The minimum atomic E-state index is -4.54. The summed E-state index contributed by atoms with van der Waals surface area (Å²) in [5.74, 6) is -1.88. The van der Waals surface area contributed by atoms with Gasteiger partial charge in [0.15, 0.2) is 11.5 Å². The van der Waals surface area contributed by atoms with Gasteiger partial charge in [-0.15, -0.1) is 0 Å². The number of esters is 1. The fourth-order valence-electron chi connectivity index (χ4n) is 4.67. The number of benzene rings is 2. The number of allylic oxidation sites excluding steroid dienone is 3. The van der Waals surface area contributed by atoms with E-state index in [4.69, 9.17) is 9.47 Å². The maximum absolute atomic E-state index is 13.0. The quantitative estimate of drug-likeness (QED) is 0.314. The van der Waals surface area contributed by atoms with E-state index in [0.717, 1.165) is 12.1 Å². The summed E-state index contributed by atoms with van der Waals surface area (Å²) >= 11 is 0. The predicted molar refractivity (Wildman–Crippen MR) is 125 cm³/mol. The number of nitro groups is 1. The number of halogens is 3. The van der Waals surface area contributed by atoms with E-state index in [2.05, 4.69) is 5.32 Å². The molecule has 2 aliphatic rings. The number of rotatable bonds is 6. The average Bonchev–Trinajstić information content (AvgIpc) is 2.86. The maximum atomic E-state index is 13.0. The van der Waals surface area contributed by atoms with Gasteiger partial charge >= 0.3 is 17.8 Å². The van der Waals surface area contributed by atoms with E-state index >= 15 is 0 Å². The molecule has 8 nitrogen and oxygen atoms in total. The summed E-state index contributed by atoms with van der Waals surface area (Å²) in [4.78, 5) is 36.8. The molecule has 0 bridgehead atoms. The van der Waals surface area contributed by atoms with Gasteiger partial charge in [-0.25, -0.2) is 4.79 Å². The number of dihydropyridines is 1. The van der Waals surface area contributed by atoms with Gasteiger partial charge in [0, 0.05) is 35.4 Å². The van der Waals surface area contributed by atoms with E-state index in [1.165, 1.54) is 37.4 Å². The average molecular weight is 516 g/mol. The van der Waals surface area contributed by atoms with Crippen molar-refractivity contribution in [1.82, 2.24) is 5.32 Å². The number of carbonyl (C=O) groups is 2. The molecule has 0 radical (unpaired) electrons. The molecule has 4 rings (SSSR count). The molecule has 1 aliphatic heterocycles. The molecule has 1 aliphatic carbocycles. The lowest BCUT2D eigenvalue weighted by Gasteiger charge is -2.34. The number of nitrogens with zero attached hydrogens (tertiary/aromatic N) is 1. The lowest BCUT2D eigenvalue weighted by atomic mass is 9.75. The molecule has 1 N–H and O–H groups in total. The van der Waals surface area contributed by atoms with Gasteiger partial charge in [0.1, 0.15) is 6.61 Å². The molecular formula is C26H23F3N2O6. The highest BCUT2D eigenvalue weighted by atomic mass is 19.4. The zero-order valence-electron chi connectivity index (χ0n) is 20.0. The number of nitro benzene ring substituents is 1. The Hall–Kier alpha value is -4.15. The van der Waals surface area contributed by atoms with Crippen molar-refractivity contribution >= 4 is 17.4 Å². The topological polar surface area (TPSA) is 108 Å². The Morgan fingerprint density at radius 3 is 2.62 bits per heavy atom. The molecule has 37 heavy (non-hydrogen) atoms. The molecule has 0 saturated heterocycles. The molecule has 2 aromatic rings. The highest BCUT2D eigenvalue weighted by Gasteiger charge is 2.39. The van der Waals surface area contributed by atoms with Gasteiger partial charge in [0.2, 0.25) is 0 Å². The first-order valence-electron chi connectivity index (χ1n) is 11.4. The standard InChI is InChI=1S/C26H23F3N2O6/c1-14-22(25(33)36-2)23(24-18(30-14)7-4-8-20(24)32)16-9-10-21(19(12-16)31(34)35)37-13-15-5-3-6-17(11-15)26(27,28)29/h3,5-6,9-12,23,30H,4,7-8,13H2,1-2H3. The zero-order valence-corrected chi connectivity index (χ0v) is 20.0. The third kappa shape index (κ3) is 5.20. The molecule has 0 spiro atoms. The largest absolute Gasteiger partial charge is 0.482 e. The zero-order chi connectivity index (χ0) is 26.9. The van der Waals surface area contributed by atoms with Crippen molar-refractivity contribution in [3.05, 3.63) is 91.8 Å². The van der Waals surface area contributed by atoms with Crippen LogP contribution in [0.2, 0.25) is 0 Å². The summed E-state index contributed by atoms with van der Waals surface area (Å²) in [6.07, 6.45) is -3.03. The van der Waals surface area contributed by atoms with Gasteiger partial charge in [0.25, 0.3) is 0 Å². The molecule has 0 saturated carbocycles. The number of ketones is 1. The summed E-state index contributed by atoms with van der Waals surface area (Å²) in [7, 11) is 1.21. The van der Waals surface area contributed by atoms with E-state index in [1.807, 2.05) is 0 Å². The number of methoxy groups -OCH3 is 1. The lowest BCUT2D eigenvalue weighted by Crippen LogP contribution is -2.34. The second-order valence-electron chi connectivity index (χ2n) is 8.73. The van der Waals surface area contributed by atoms with Crippen LogP contribution in [0.4, 0.5) is 18.9 Å². The van der Waals surface area contributed by atoms with Crippen LogP contribution in [-0.2, 0) is 27.1 Å². The fraction of sp³-hybridized carbons (Fsp3) is 0.308. The van der Waals surface area contributed by atoms with Crippen molar-refractivity contribution in [2.75, 3.05) is 7.11 Å². The molecule has 0 aromatic heterocycles. The number of carbonyl (C=O) groups excluding carboxylic acids is 2. The van der Waals surface area contributed by atoms with Crippen LogP contribution in [0.1, 0.15) is 48.8 Å². The summed E-state index contributed by atoms with van der Waals surface area (Å²) in [6, 6.07) is 8.53. The smallest absolute Gasteiger partial charge is 0.416 e. The first-order valence-corrected chi connectivity index (χ1v) is 11.4. The van der Waals surface area contributed by atoms with E-state index < -0.39 is 34.2 Å². The third-order valence-corrected chi connectivity index (χ3v) is 6.34. The first kappa shape index (κ1) is 25.9. The fourth-order valence-corrected chi connectivity index (χ4v) is 4.67. The van der Waals surface area contributed by atoms with Gasteiger partial charge in [-0.1, -0.05) is 18.2 Å². The Bertz CT molecular complexity index is 1350. The number of hydrogen-bond acceptors (Lipinski definition) is 7. The van der Waals surface area contributed by atoms with Crippen LogP contribution >= 0.6 is 0 Å². The Morgan fingerprint density at radius 1 is 1.19 bits per heavy atom. The van der Waals surface area contributed by atoms with Crippen LogP contribution < -0.4 is 10.1 Å². The SMILES string of the molecule is COC(=O)C1=C(C)NC2=C(C(=O)CCC2)C1c1ccc(OCc2cccc(C(F)(F)F)c2)c([N+](=O)[O-])c1. The summed E-state index contributed by atoms with van der Waals surface area (Å²) in [5, 5.41) is 15.0. The van der Waals surface area contributed by atoms with Gasteiger partial charge in [-0.2, -0.15) is 13.2 Å². The summed E-state index contributed by atoms with van der Waals surface area (Å²) < 4.78 is 49.5. The van der Waals surface area contributed by atoms with Gasteiger partial charge in [-0.05, 0) is 49.1 Å². The normalized spacial score (nSPS) is 17.8. The maximum Gasteiger partial charge on any atom is 0.416 e. The number of nitrogens with one attached hydrogen (secondary N) is 1. The molecule has 11 heteroatoms. The second kappa shape index (κ2) is 10.1. The molecule has 1 unspecified atom stereocenters. The first-order chi connectivity index (χ1) is 17.5. The minimum Gasteiger partial charge on any atom is -0.482 e. The molecule has 0 amide bonds. The van der Waals surface area contributed by atoms with Crippen molar-refractivity contribution in [2.24, 2.45) is 0 Å². The Labute approximate surface area is 209 Å². The van der Waals surface area contributed by atoms with Crippen molar-refractivity contribution in [2.45, 2.75) is 44.9 Å². The van der Waals surface area contributed by atoms with Crippen molar-refractivity contribution in [3.63, 3.8) is 0 Å². The van der Waals surface area contributed by atoms with Gasteiger partial charge in [-0.3, -0.25) is 14.9 Å². The van der Waals surface area contributed by atoms with Gasteiger partial charge in [0.05, 0.1) is 23.2 Å². The molecule has 1 atom stereocenters. The summed E-state index contributed by atoms with van der Waals surface area (Å²) in [6.45, 7) is 1.33. The Kier molecular flexibility index (Phi) is 7.06. The van der Waals surface area contributed by atoms with E-state index in [0.29, 0.717) is 35.4 Å². The van der Waals surface area contributed by atoms with Crippen LogP contribution in [0.15, 0.2) is 65.0 Å². The Balaban J connectivity index is 1.72. The predicted octanol–water partition coefficient (Wildman–Crippen LogP) is 5.33. The van der Waals surface area contributed by atoms with E-state index in [1.54, 1.807) is 6.92 Å². The van der Waals surface area contributed by atoms with Crippen LogP contribution in [-0.4, -0.2) is 23.8 Å². The van der Waals surface area contributed by atoms with Crippen LogP contribution in [0.3, 0.4) is 0 Å². The number of ether oxygens (including phenoxy) is 2. The number of hydrogen-bond donors (Lipinski definition) is 1. The number of Topliss-reactive ketones (excluding diaryl/α,β-unsaturated/α-hetero) is 1. The number of alkyl halides is 3. The van der Waals surface area contributed by atoms with Gasteiger partial charge < -0.3 is 14.8 Å². The summed E-state index contributed by atoms with van der Waals surface area (Å²) in [5.41, 5.74) is 0.880. The highest BCUT2D eigenvalue weighted by molar-refractivity contribution is 6.03. The molecule has 0 fully saturated rings. The lowest BCUT2D eigenvalue weighted by molar-refractivity contribution is -0.386. The van der Waals surface area contributed by atoms with E-state index in [9.17, 15) is 32.9 Å². The molecular weight excluding hydrogens is 493 g/mol. The van der Waals surface area contributed by atoms with Crippen LogP contribution in [0.5, 0.6) is 5.75 Å². The third-order valence-electron chi connectivity index (χ3n) is 6.34. The highest BCUT2D eigenvalue weighted by Crippen LogP contribution is 2.44. The molecule has 1 heterocycles. The minimum absolute atomic E-state index is 0.162. The van der Waals surface area contributed by atoms with Crippen molar-refractivity contribution in [3.8, 4) is 5.75 Å². The Morgan fingerprint density at radius 2 is 1.95 bits per heavy atom. The van der Waals surface area contributed by atoms with Crippen molar-refractivity contribution in [1.29, 1.82) is 0 Å². The second-order valence-corrected chi connectivity index (χ2v) is 8.73. The van der Waals surface area contributed by atoms with Crippen molar-refractivity contribution < 1.29 is 37.2 Å². The van der Waals surface area contributed by atoms with E-state index in [-0.39, 0.29) is 35.7 Å².